The third kappa shape index (κ3) is 6.24. The van der Waals surface area contributed by atoms with Crippen molar-refractivity contribution >= 4 is 11.9 Å². The summed E-state index contributed by atoms with van der Waals surface area (Å²) in [5, 5.41) is 21.7. The van der Waals surface area contributed by atoms with Crippen LogP contribution >= 0.6 is 0 Å². The van der Waals surface area contributed by atoms with E-state index < -0.39 is 35.1 Å². The Kier molecular flexibility index (Phi) is 9.10. The van der Waals surface area contributed by atoms with Crippen LogP contribution in [0.15, 0.2) is 54.6 Å². The number of aliphatic hydroxyl groups excluding tert-OH is 1. The lowest BCUT2D eigenvalue weighted by molar-refractivity contribution is -0.139. The maximum Gasteiger partial charge on any atom is 0.326 e. The second-order valence-electron chi connectivity index (χ2n) is 7.99. The number of hydrogen-bond acceptors (Lipinski definition) is 5. The summed E-state index contributed by atoms with van der Waals surface area (Å²) in [6.07, 6.45) is -0.116. The van der Waals surface area contributed by atoms with Gasteiger partial charge in [0.1, 0.15) is 29.0 Å². The van der Waals surface area contributed by atoms with E-state index >= 15 is 0 Å². The summed E-state index contributed by atoms with van der Waals surface area (Å²) in [6, 6.07) is 12.0. The van der Waals surface area contributed by atoms with Gasteiger partial charge in [-0.2, -0.15) is 0 Å². The highest BCUT2D eigenvalue weighted by atomic mass is 19.1. The van der Waals surface area contributed by atoms with Gasteiger partial charge >= 0.3 is 5.97 Å². The maximum absolute atomic E-state index is 13.9. The summed E-state index contributed by atoms with van der Waals surface area (Å²) in [5.74, 6) is -4.12. The van der Waals surface area contributed by atoms with Crippen molar-refractivity contribution in [2.24, 2.45) is 0 Å². The van der Waals surface area contributed by atoms with Crippen molar-refractivity contribution in [2.75, 3.05) is 13.7 Å². The SMILES string of the molecule is CCOCc1cc(CO)c(-c2ccc(C[C@H](NC(=O)c3c(F)cccc3F)C(=O)O)cc2)c(OC)c1. The number of aliphatic hydroxyl groups is 1. The Labute approximate surface area is 207 Å². The van der Waals surface area contributed by atoms with Gasteiger partial charge in [-0.05, 0) is 47.4 Å². The number of carboxylic acid groups (broad SMARTS) is 1. The van der Waals surface area contributed by atoms with Crippen LogP contribution in [0.1, 0.15) is 34.0 Å². The van der Waals surface area contributed by atoms with Crippen molar-refractivity contribution in [3.05, 3.63) is 88.5 Å². The molecule has 0 saturated carbocycles. The zero-order chi connectivity index (χ0) is 26.2. The van der Waals surface area contributed by atoms with Crippen LogP contribution in [0.25, 0.3) is 11.1 Å². The van der Waals surface area contributed by atoms with Crippen LogP contribution in [0.2, 0.25) is 0 Å². The molecule has 0 aliphatic rings. The van der Waals surface area contributed by atoms with Gasteiger partial charge < -0.3 is 25.0 Å². The molecule has 0 bridgehead atoms. The van der Waals surface area contributed by atoms with Crippen molar-refractivity contribution in [2.45, 2.75) is 32.6 Å². The Morgan fingerprint density at radius 3 is 2.25 bits per heavy atom. The minimum atomic E-state index is -1.41. The Morgan fingerprint density at radius 2 is 1.69 bits per heavy atom. The number of hydrogen-bond donors (Lipinski definition) is 3. The van der Waals surface area contributed by atoms with Gasteiger partial charge in [0.15, 0.2) is 0 Å². The number of rotatable bonds is 11. The molecule has 0 radical (unpaired) electrons. The van der Waals surface area contributed by atoms with Crippen molar-refractivity contribution in [1.82, 2.24) is 5.32 Å². The highest BCUT2D eigenvalue weighted by Gasteiger charge is 2.25. The average Bonchev–Trinajstić information content (AvgIpc) is 2.86. The molecule has 0 fully saturated rings. The van der Waals surface area contributed by atoms with E-state index in [2.05, 4.69) is 5.32 Å². The largest absolute Gasteiger partial charge is 0.496 e. The molecule has 0 heterocycles. The zero-order valence-electron chi connectivity index (χ0n) is 19.9. The van der Waals surface area contributed by atoms with Gasteiger partial charge in [-0.1, -0.05) is 36.4 Å². The van der Waals surface area contributed by atoms with Crippen LogP contribution in [0, 0.1) is 11.6 Å². The van der Waals surface area contributed by atoms with Crippen LogP contribution in [-0.2, 0) is 29.2 Å². The number of carbonyl (C=O) groups is 2. The third-order valence-corrected chi connectivity index (χ3v) is 5.58. The molecule has 3 aromatic rings. The number of aliphatic carboxylic acids is 1. The monoisotopic (exact) mass is 499 g/mol. The molecule has 9 heteroatoms. The third-order valence-electron chi connectivity index (χ3n) is 5.58. The number of carboxylic acids is 1. The van der Waals surface area contributed by atoms with E-state index in [9.17, 15) is 28.6 Å². The average molecular weight is 500 g/mol. The van der Waals surface area contributed by atoms with E-state index in [4.69, 9.17) is 9.47 Å². The molecule has 0 unspecified atom stereocenters. The van der Waals surface area contributed by atoms with Crippen LogP contribution in [0.5, 0.6) is 5.75 Å². The van der Waals surface area contributed by atoms with E-state index in [1.807, 2.05) is 19.1 Å². The normalized spacial score (nSPS) is 11.7. The molecular formula is C27H27F2NO6. The van der Waals surface area contributed by atoms with Gasteiger partial charge in [-0.3, -0.25) is 4.79 Å². The number of ether oxygens (including phenoxy) is 2. The highest BCUT2D eigenvalue weighted by molar-refractivity contribution is 5.97. The van der Waals surface area contributed by atoms with E-state index in [1.165, 1.54) is 7.11 Å². The topological polar surface area (TPSA) is 105 Å². The number of benzene rings is 3. The Bertz CT molecular complexity index is 1180. The first-order valence-corrected chi connectivity index (χ1v) is 11.2. The predicted molar refractivity (Wildman–Crippen MR) is 129 cm³/mol. The van der Waals surface area contributed by atoms with Gasteiger partial charge in [0.25, 0.3) is 5.91 Å². The Hall–Kier alpha value is -3.82. The minimum absolute atomic E-state index is 0.116. The first-order valence-electron chi connectivity index (χ1n) is 11.2. The lowest BCUT2D eigenvalue weighted by Crippen LogP contribution is -2.42. The number of halogens is 2. The lowest BCUT2D eigenvalue weighted by Gasteiger charge is -2.17. The first-order chi connectivity index (χ1) is 17.3. The van der Waals surface area contributed by atoms with Crippen LogP contribution in [0.3, 0.4) is 0 Å². The minimum Gasteiger partial charge on any atom is -0.496 e. The van der Waals surface area contributed by atoms with Crippen molar-refractivity contribution in [1.29, 1.82) is 0 Å². The van der Waals surface area contributed by atoms with E-state index in [-0.39, 0.29) is 13.0 Å². The summed E-state index contributed by atoms with van der Waals surface area (Å²) >= 11 is 0. The lowest BCUT2D eigenvalue weighted by atomic mass is 9.95. The smallest absolute Gasteiger partial charge is 0.326 e. The molecule has 36 heavy (non-hydrogen) atoms. The Morgan fingerprint density at radius 1 is 1.03 bits per heavy atom. The van der Waals surface area contributed by atoms with Crippen LogP contribution < -0.4 is 10.1 Å². The fourth-order valence-electron chi connectivity index (χ4n) is 3.84. The highest BCUT2D eigenvalue weighted by Crippen LogP contribution is 2.35. The molecule has 1 atom stereocenters. The fourth-order valence-corrected chi connectivity index (χ4v) is 3.84. The van der Waals surface area contributed by atoms with E-state index in [0.717, 1.165) is 29.3 Å². The van der Waals surface area contributed by atoms with Crippen molar-refractivity contribution in [3.63, 3.8) is 0 Å². The first kappa shape index (κ1) is 26.8. The van der Waals surface area contributed by atoms with Crippen molar-refractivity contribution in [3.8, 4) is 16.9 Å². The van der Waals surface area contributed by atoms with Crippen molar-refractivity contribution < 1.29 is 38.1 Å². The molecule has 3 N–H and O–H groups in total. The summed E-state index contributed by atoms with van der Waals surface area (Å²) < 4.78 is 38.8. The predicted octanol–water partition coefficient (Wildman–Crippen LogP) is 4.09. The quantitative estimate of drug-likeness (QED) is 0.367. The standard InChI is InChI=1S/C27H27F2NO6/c1-3-36-15-17-11-19(14-31)24(23(13-17)35-2)18-9-7-16(8-10-18)12-22(27(33)34)30-26(32)25-20(28)5-4-6-21(25)29/h4-11,13,22,31H,3,12,14-15H2,1-2H3,(H,30,32)(H,33,34)/t22-/m0/s1. The van der Waals surface area contributed by atoms with E-state index in [1.54, 1.807) is 24.3 Å². The summed E-state index contributed by atoms with van der Waals surface area (Å²) in [4.78, 5) is 24.1. The summed E-state index contributed by atoms with van der Waals surface area (Å²) in [6.45, 7) is 2.58. The van der Waals surface area contributed by atoms with E-state index in [0.29, 0.717) is 35.7 Å². The maximum atomic E-state index is 13.9. The van der Waals surface area contributed by atoms with Crippen LogP contribution in [-0.4, -0.2) is 41.8 Å². The zero-order valence-corrected chi connectivity index (χ0v) is 19.9. The molecule has 0 aliphatic heterocycles. The van der Waals surface area contributed by atoms with Gasteiger partial charge in [-0.15, -0.1) is 0 Å². The number of nitrogens with one attached hydrogen (secondary N) is 1. The van der Waals surface area contributed by atoms with Gasteiger partial charge in [0.05, 0.1) is 20.3 Å². The number of methoxy groups -OCH3 is 1. The number of carbonyl (C=O) groups excluding carboxylic acids is 1. The second kappa shape index (κ2) is 12.2. The molecule has 0 aromatic heterocycles. The fraction of sp³-hybridized carbons (Fsp3) is 0.259. The molecule has 7 nitrogen and oxygen atoms in total. The van der Waals surface area contributed by atoms with Gasteiger partial charge in [0.2, 0.25) is 0 Å². The Balaban J connectivity index is 1.83. The molecular weight excluding hydrogens is 472 g/mol. The molecule has 3 rings (SSSR count). The molecule has 190 valence electrons. The number of amides is 1. The van der Waals surface area contributed by atoms with Gasteiger partial charge in [0, 0.05) is 18.6 Å². The van der Waals surface area contributed by atoms with Gasteiger partial charge in [-0.25, -0.2) is 13.6 Å². The summed E-state index contributed by atoms with van der Waals surface area (Å²) in [5.41, 5.74) is 2.63. The molecule has 3 aromatic carbocycles. The van der Waals surface area contributed by atoms with Crippen LogP contribution in [0.4, 0.5) is 8.78 Å². The second-order valence-corrected chi connectivity index (χ2v) is 7.99. The molecule has 0 saturated heterocycles. The molecule has 0 spiro atoms. The molecule has 1 amide bonds. The summed E-state index contributed by atoms with van der Waals surface area (Å²) in [7, 11) is 1.53. The molecule has 0 aliphatic carbocycles.